The molecule has 0 aliphatic rings. The Hall–Kier alpha value is -2.38. The molecule has 2 aromatic heterocycles. The summed E-state index contributed by atoms with van der Waals surface area (Å²) < 4.78 is 44.3. The Bertz CT molecular complexity index is 653. The molecule has 2 rings (SSSR count). The average molecular weight is 327 g/mol. The predicted octanol–water partition coefficient (Wildman–Crippen LogP) is 3.30. The van der Waals surface area contributed by atoms with Crippen molar-refractivity contribution in [2.24, 2.45) is 5.92 Å². The Labute approximate surface area is 130 Å². The number of aromatic nitrogens is 2. The smallest absolute Gasteiger partial charge is 0.351 e. The van der Waals surface area contributed by atoms with Gasteiger partial charge in [0.2, 0.25) is 5.76 Å². The number of pyridine rings is 1. The van der Waals surface area contributed by atoms with Gasteiger partial charge in [0.15, 0.2) is 6.04 Å². The van der Waals surface area contributed by atoms with Gasteiger partial charge in [-0.3, -0.25) is 9.78 Å². The molecule has 0 saturated heterocycles. The van der Waals surface area contributed by atoms with E-state index in [0.717, 1.165) is 0 Å². The lowest BCUT2D eigenvalue weighted by Gasteiger charge is -2.20. The largest absolute Gasteiger partial charge is 0.414 e. The fraction of sp³-hybridized carbons (Fsp3) is 0.400. The molecule has 0 bridgehead atoms. The highest BCUT2D eigenvalue weighted by molar-refractivity contribution is 5.91. The van der Waals surface area contributed by atoms with Crippen molar-refractivity contribution < 1.29 is 22.5 Å². The summed E-state index contributed by atoms with van der Waals surface area (Å²) >= 11 is 0. The van der Waals surface area contributed by atoms with Gasteiger partial charge in [-0.05, 0) is 24.5 Å². The Balaban J connectivity index is 2.16. The number of alkyl halides is 3. The van der Waals surface area contributed by atoms with Gasteiger partial charge < -0.3 is 9.84 Å². The summed E-state index contributed by atoms with van der Waals surface area (Å²) in [5.41, 5.74) is 0.224. The molecule has 124 valence electrons. The average Bonchev–Trinajstić information content (AvgIpc) is 2.92. The summed E-state index contributed by atoms with van der Waals surface area (Å²) in [6, 6.07) is 3.25. The second kappa shape index (κ2) is 6.80. The van der Waals surface area contributed by atoms with Gasteiger partial charge in [0.25, 0.3) is 5.91 Å². The summed E-state index contributed by atoms with van der Waals surface area (Å²) in [5, 5.41) is 5.58. The third-order valence-electron chi connectivity index (χ3n) is 2.99. The SMILES string of the molecule is CC(C)Cc1cc(C(=O)N[C@H](c2ccccn2)C(F)(F)F)on1. The van der Waals surface area contributed by atoms with Crippen molar-refractivity contribution >= 4 is 5.91 Å². The third kappa shape index (κ3) is 4.54. The highest BCUT2D eigenvalue weighted by Gasteiger charge is 2.43. The molecule has 0 aliphatic heterocycles. The number of nitrogens with zero attached hydrogens (tertiary/aromatic N) is 2. The molecule has 0 aliphatic carbocycles. The second-order valence-corrected chi connectivity index (χ2v) is 5.48. The first-order valence-electron chi connectivity index (χ1n) is 7.01. The fourth-order valence-electron chi connectivity index (χ4n) is 2.01. The van der Waals surface area contributed by atoms with E-state index in [4.69, 9.17) is 4.52 Å². The zero-order valence-corrected chi connectivity index (χ0v) is 12.6. The van der Waals surface area contributed by atoms with Gasteiger partial charge in [-0.25, -0.2) is 0 Å². The second-order valence-electron chi connectivity index (χ2n) is 5.48. The number of amides is 1. The first-order chi connectivity index (χ1) is 10.8. The molecular formula is C15H16F3N3O2. The third-order valence-corrected chi connectivity index (χ3v) is 2.99. The number of carbonyl (C=O) groups is 1. The van der Waals surface area contributed by atoms with Crippen molar-refractivity contribution in [3.8, 4) is 0 Å². The minimum absolute atomic E-state index is 0.258. The molecule has 2 heterocycles. The van der Waals surface area contributed by atoms with Crippen LogP contribution < -0.4 is 5.32 Å². The molecule has 0 saturated carbocycles. The van der Waals surface area contributed by atoms with E-state index >= 15 is 0 Å². The maximum atomic E-state index is 13.2. The van der Waals surface area contributed by atoms with Crippen LogP contribution in [-0.4, -0.2) is 22.2 Å². The summed E-state index contributed by atoms with van der Waals surface area (Å²) in [6.07, 6.45) is -2.88. The minimum Gasteiger partial charge on any atom is -0.351 e. The lowest BCUT2D eigenvalue weighted by atomic mass is 10.1. The number of nitrogens with one attached hydrogen (secondary N) is 1. The molecule has 2 aromatic rings. The van der Waals surface area contributed by atoms with E-state index in [1.165, 1.54) is 30.5 Å². The summed E-state index contributed by atoms with van der Waals surface area (Å²) in [7, 11) is 0. The predicted molar refractivity (Wildman–Crippen MR) is 75.5 cm³/mol. The maximum Gasteiger partial charge on any atom is 0.414 e. The monoisotopic (exact) mass is 327 g/mol. The van der Waals surface area contributed by atoms with Crippen LogP contribution in [0.3, 0.4) is 0 Å². The standard InChI is InChI=1S/C15H16F3N3O2/c1-9(2)7-10-8-12(23-21-10)14(22)20-13(15(16,17)18)11-5-3-4-6-19-11/h3-6,8-9,13H,7H2,1-2H3,(H,20,22)/t13-/m1/s1. The van der Waals surface area contributed by atoms with Gasteiger partial charge in [0.1, 0.15) is 0 Å². The van der Waals surface area contributed by atoms with Crippen molar-refractivity contribution in [3.63, 3.8) is 0 Å². The van der Waals surface area contributed by atoms with Gasteiger partial charge in [-0.2, -0.15) is 13.2 Å². The highest BCUT2D eigenvalue weighted by Crippen LogP contribution is 2.31. The van der Waals surface area contributed by atoms with Crippen LogP contribution in [0.2, 0.25) is 0 Å². The Morgan fingerprint density at radius 3 is 2.65 bits per heavy atom. The van der Waals surface area contributed by atoms with Crippen LogP contribution in [0.4, 0.5) is 13.2 Å². The first kappa shape index (κ1) is 17.0. The van der Waals surface area contributed by atoms with Crippen LogP contribution in [0.15, 0.2) is 35.0 Å². The number of carbonyl (C=O) groups excluding carboxylic acids is 1. The van der Waals surface area contributed by atoms with Crippen molar-refractivity contribution in [1.82, 2.24) is 15.5 Å². The van der Waals surface area contributed by atoms with Crippen molar-refractivity contribution in [1.29, 1.82) is 0 Å². The van der Waals surface area contributed by atoms with E-state index in [9.17, 15) is 18.0 Å². The molecule has 1 N–H and O–H groups in total. The zero-order chi connectivity index (χ0) is 17.0. The van der Waals surface area contributed by atoms with E-state index < -0.39 is 18.1 Å². The van der Waals surface area contributed by atoms with E-state index in [0.29, 0.717) is 12.1 Å². The van der Waals surface area contributed by atoms with E-state index in [2.05, 4.69) is 10.1 Å². The van der Waals surface area contributed by atoms with E-state index in [-0.39, 0.29) is 17.4 Å². The van der Waals surface area contributed by atoms with Crippen LogP contribution in [0, 0.1) is 5.92 Å². The highest BCUT2D eigenvalue weighted by atomic mass is 19.4. The zero-order valence-electron chi connectivity index (χ0n) is 12.6. The quantitative estimate of drug-likeness (QED) is 0.915. The normalized spacial score (nSPS) is 13.1. The van der Waals surface area contributed by atoms with Gasteiger partial charge in [0, 0.05) is 12.3 Å². The molecule has 23 heavy (non-hydrogen) atoms. The molecule has 8 heteroatoms. The lowest BCUT2D eigenvalue weighted by Crippen LogP contribution is -2.38. The van der Waals surface area contributed by atoms with Gasteiger partial charge in [0.05, 0.1) is 11.4 Å². The van der Waals surface area contributed by atoms with Crippen LogP contribution in [0.25, 0.3) is 0 Å². The summed E-state index contributed by atoms with van der Waals surface area (Å²) in [5.74, 6) is -0.959. The van der Waals surface area contributed by atoms with Gasteiger partial charge >= 0.3 is 6.18 Å². The molecule has 0 unspecified atom stereocenters. The maximum absolute atomic E-state index is 13.2. The summed E-state index contributed by atoms with van der Waals surface area (Å²) in [4.78, 5) is 15.7. The topological polar surface area (TPSA) is 68.0 Å². The molecule has 1 amide bonds. The summed E-state index contributed by atoms with van der Waals surface area (Å²) in [6.45, 7) is 3.91. The minimum atomic E-state index is -4.68. The number of hydrogen-bond acceptors (Lipinski definition) is 4. The Morgan fingerprint density at radius 2 is 2.09 bits per heavy atom. The fourth-order valence-corrected chi connectivity index (χ4v) is 2.01. The molecule has 0 radical (unpaired) electrons. The van der Waals surface area contributed by atoms with E-state index in [1.54, 1.807) is 0 Å². The molecular weight excluding hydrogens is 311 g/mol. The van der Waals surface area contributed by atoms with Crippen LogP contribution >= 0.6 is 0 Å². The number of halogens is 3. The molecule has 0 aromatic carbocycles. The van der Waals surface area contributed by atoms with Gasteiger partial charge in [-0.15, -0.1) is 0 Å². The van der Waals surface area contributed by atoms with Crippen LogP contribution in [-0.2, 0) is 6.42 Å². The molecule has 1 atom stereocenters. The Kier molecular flexibility index (Phi) is 5.02. The lowest BCUT2D eigenvalue weighted by molar-refractivity contribution is -0.156. The van der Waals surface area contributed by atoms with Gasteiger partial charge in [-0.1, -0.05) is 25.1 Å². The molecule has 0 fully saturated rings. The van der Waals surface area contributed by atoms with Crippen molar-refractivity contribution in [2.75, 3.05) is 0 Å². The Morgan fingerprint density at radius 1 is 1.35 bits per heavy atom. The molecule has 0 spiro atoms. The number of rotatable bonds is 5. The van der Waals surface area contributed by atoms with Crippen molar-refractivity contribution in [2.45, 2.75) is 32.5 Å². The van der Waals surface area contributed by atoms with E-state index in [1.807, 2.05) is 19.2 Å². The number of hydrogen-bond donors (Lipinski definition) is 1. The van der Waals surface area contributed by atoms with Crippen LogP contribution in [0.5, 0.6) is 0 Å². The first-order valence-corrected chi connectivity index (χ1v) is 7.01. The van der Waals surface area contributed by atoms with Crippen molar-refractivity contribution in [3.05, 3.63) is 47.6 Å². The van der Waals surface area contributed by atoms with Crippen LogP contribution in [0.1, 0.15) is 41.8 Å². The molecule has 5 nitrogen and oxygen atoms in total.